The van der Waals surface area contributed by atoms with Crippen molar-refractivity contribution >= 4 is 0 Å². The third-order valence-electron chi connectivity index (χ3n) is 4.57. The van der Waals surface area contributed by atoms with Gasteiger partial charge in [0.05, 0.1) is 0 Å². The van der Waals surface area contributed by atoms with Gasteiger partial charge in [0.1, 0.15) is 11.8 Å². The fourth-order valence-corrected chi connectivity index (χ4v) is 3.25. The third kappa shape index (κ3) is 3.52. The van der Waals surface area contributed by atoms with Crippen LogP contribution in [0.15, 0.2) is 24.3 Å². The molecular formula is C17H24N2O. The van der Waals surface area contributed by atoms with Crippen LogP contribution in [0.4, 0.5) is 0 Å². The van der Waals surface area contributed by atoms with E-state index in [-0.39, 0.29) is 6.61 Å². The first kappa shape index (κ1) is 14.9. The van der Waals surface area contributed by atoms with E-state index in [0.717, 1.165) is 29.7 Å². The minimum Gasteiger partial charge on any atom is -0.478 e. The first-order valence-corrected chi connectivity index (χ1v) is 7.57. The summed E-state index contributed by atoms with van der Waals surface area (Å²) in [5, 5.41) is 12.3. The molecule has 0 amide bonds. The highest BCUT2D eigenvalue weighted by Crippen LogP contribution is 2.34. The second-order valence-electron chi connectivity index (χ2n) is 5.65. The molecule has 2 rings (SSSR count). The molecular weight excluding hydrogens is 248 g/mol. The quantitative estimate of drug-likeness (QED) is 0.862. The maximum Gasteiger partial charge on any atom is 0.174 e. The van der Waals surface area contributed by atoms with Gasteiger partial charge in [-0.3, -0.25) is 0 Å². The Morgan fingerprint density at radius 2 is 2.15 bits per heavy atom. The van der Waals surface area contributed by atoms with E-state index in [0.29, 0.717) is 6.04 Å². The van der Waals surface area contributed by atoms with Crippen LogP contribution in [0.3, 0.4) is 0 Å². The van der Waals surface area contributed by atoms with E-state index in [4.69, 9.17) is 10.00 Å². The van der Waals surface area contributed by atoms with Crippen molar-refractivity contribution in [2.24, 2.45) is 11.8 Å². The summed E-state index contributed by atoms with van der Waals surface area (Å²) in [6, 6.07) is 10.6. The molecule has 1 fully saturated rings. The predicted octanol–water partition coefficient (Wildman–Crippen LogP) is 3.50. The molecule has 1 N–H and O–H groups in total. The summed E-state index contributed by atoms with van der Waals surface area (Å²) in [7, 11) is 0. The second kappa shape index (κ2) is 7.31. The zero-order valence-corrected chi connectivity index (χ0v) is 12.4. The first-order chi connectivity index (χ1) is 9.76. The summed E-state index contributed by atoms with van der Waals surface area (Å²) >= 11 is 0. The SMILES string of the molecule is CCC1CCC(NCc2ccccc2OCC#N)C1C. The van der Waals surface area contributed by atoms with Crippen LogP contribution < -0.4 is 10.1 Å². The number of nitriles is 1. The largest absolute Gasteiger partial charge is 0.478 e. The Morgan fingerprint density at radius 1 is 1.35 bits per heavy atom. The van der Waals surface area contributed by atoms with Crippen molar-refractivity contribution in [3.63, 3.8) is 0 Å². The van der Waals surface area contributed by atoms with Crippen LogP contribution in [0.2, 0.25) is 0 Å². The van der Waals surface area contributed by atoms with Crippen LogP contribution in [-0.4, -0.2) is 12.6 Å². The van der Waals surface area contributed by atoms with Crippen LogP contribution in [0, 0.1) is 23.2 Å². The van der Waals surface area contributed by atoms with Crippen LogP contribution in [0.1, 0.15) is 38.7 Å². The summed E-state index contributed by atoms with van der Waals surface area (Å²) < 4.78 is 5.47. The average Bonchev–Trinajstić information content (AvgIpc) is 2.84. The Hall–Kier alpha value is -1.53. The van der Waals surface area contributed by atoms with E-state index < -0.39 is 0 Å². The number of rotatable bonds is 6. The van der Waals surface area contributed by atoms with Gasteiger partial charge >= 0.3 is 0 Å². The molecule has 1 aliphatic carbocycles. The second-order valence-corrected chi connectivity index (χ2v) is 5.65. The number of ether oxygens (including phenoxy) is 1. The highest BCUT2D eigenvalue weighted by Gasteiger charge is 2.30. The first-order valence-electron chi connectivity index (χ1n) is 7.57. The number of para-hydroxylation sites is 1. The molecule has 0 aromatic heterocycles. The predicted molar refractivity (Wildman–Crippen MR) is 80.4 cm³/mol. The third-order valence-corrected chi connectivity index (χ3v) is 4.57. The van der Waals surface area contributed by atoms with Gasteiger partial charge in [-0.2, -0.15) is 5.26 Å². The van der Waals surface area contributed by atoms with Gasteiger partial charge in [0.15, 0.2) is 6.61 Å². The highest BCUT2D eigenvalue weighted by molar-refractivity contribution is 5.33. The van der Waals surface area contributed by atoms with Gasteiger partial charge in [-0.1, -0.05) is 38.5 Å². The highest BCUT2D eigenvalue weighted by atomic mass is 16.5. The van der Waals surface area contributed by atoms with Crippen molar-refractivity contribution in [1.29, 1.82) is 5.26 Å². The number of nitrogens with zero attached hydrogens (tertiary/aromatic N) is 1. The molecule has 1 saturated carbocycles. The van der Waals surface area contributed by atoms with Gasteiger partial charge in [-0.05, 0) is 30.7 Å². The van der Waals surface area contributed by atoms with Crippen molar-refractivity contribution in [3.05, 3.63) is 29.8 Å². The minimum atomic E-state index is 0.106. The molecule has 3 unspecified atom stereocenters. The summed E-state index contributed by atoms with van der Waals surface area (Å²) in [4.78, 5) is 0. The van der Waals surface area contributed by atoms with E-state index >= 15 is 0 Å². The van der Waals surface area contributed by atoms with Crippen molar-refractivity contribution < 1.29 is 4.74 Å². The molecule has 0 heterocycles. The zero-order valence-electron chi connectivity index (χ0n) is 12.4. The van der Waals surface area contributed by atoms with E-state index in [2.05, 4.69) is 25.2 Å². The lowest BCUT2D eigenvalue weighted by atomic mass is 9.93. The van der Waals surface area contributed by atoms with Crippen LogP contribution in [0.5, 0.6) is 5.75 Å². The lowest BCUT2D eigenvalue weighted by molar-refractivity contribution is 0.337. The monoisotopic (exact) mass is 272 g/mol. The number of nitrogens with one attached hydrogen (secondary N) is 1. The number of benzene rings is 1. The average molecular weight is 272 g/mol. The van der Waals surface area contributed by atoms with Gasteiger partial charge in [0.2, 0.25) is 0 Å². The van der Waals surface area contributed by atoms with Gasteiger partial charge in [0, 0.05) is 18.2 Å². The normalized spacial score (nSPS) is 25.4. The Labute approximate surface area is 121 Å². The van der Waals surface area contributed by atoms with E-state index in [1.54, 1.807) is 0 Å². The fourth-order valence-electron chi connectivity index (χ4n) is 3.25. The van der Waals surface area contributed by atoms with E-state index in [9.17, 15) is 0 Å². The molecule has 3 nitrogen and oxygen atoms in total. The molecule has 0 radical (unpaired) electrons. The zero-order chi connectivity index (χ0) is 14.4. The molecule has 0 saturated heterocycles. The van der Waals surface area contributed by atoms with Gasteiger partial charge in [-0.15, -0.1) is 0 Å². The molecule has 3 atom stereocenters. The molecule has 0 bridgehead atoms. The Bertz CT molecular complexity index is 466. The van der Waals surface area contributed by atoms with Crippen molar-refractivity contribution in [3.8, 4) is 11.8 Å². The van der Waals surface area contributed by atoms with Gasteiger partial charge in [0.25, 0.3) is 0 Å². The maximum absolute atomic E-state index is 8.62. The molecule has 1 aromatic carbocycles. The van der Waals surface area contributed by atoms with Gasteiger partial charge in [-0.25, -0.2) is 0 Å². The Morgan fingerprint density at radius 3 is 2.85 bits per heavy atom. The summed E-state index contributed by atoms with van der Waals surface area (Å²) in [5.41, 5.74) is 1.13. The standard InChI is InChI=1S/C17H24N2O/c1-3-14-8-9-16(13(14)2)19-12-15-6-4-5-7-17(15)20-11-10-18/h4-7,13-14,16,19H,3,8-9,11-12H2,1-2H3. The summed E-state index contributed by atoms with van der Waals surface area (Å²) in [6.45, 7) is 5.56. The topological polar surface area (TPSA) is 45.0 Å². The van der Waals surface area contributed by atoms with Crippen molar-refractivity contribution in [2.45, 2.75) is 45.7 Å². The summed E-state index contributed by atoms with van der Waals surface area (Å²) in [5.74, 6) is 2.42. The van der Waals surface area contributed by atoms with Crippen molar-refractivity contribution in [1.82, 2.24) is 5.32 Å². The molecule has 1 aromatic rings. The molecule has 0 spiro atoms. The molecule has 1 aliphatic rings. The number of hydrogen-bond donors (Lipinski definition) is 1. The van der Waals surface area contributed by atoms with Gasteiger partial charge < -0.3 is 10.1 Å². The Balaban J connectivity index is 1.93. The summed E-state index contributed by atoms with van der Waals surface area (Å²) in [6.07, 6.45) is 3.88. The fraction of sp³-hybridized carbons (Fsp3) is 0.588. The maximum atomic E-state index is 8.62. The van der Waals surface area contributed by atoms with Crippen LogP contribution in [0.25, 0.3) is 0 Å². The van der Waals surface area contributed by atoms with E-state index in [1.165, 1.54) is 19.3 Å². The molecule has 20 heavy (non-hydrogen) atoms. The molecule has 0 aliphatic heterocycles. The lowest BCUT2D eigenvalue weighted by Gasteiger charge is -2.21. The Kier molecular flexibility index (Phi) is 5.43. The molecule has 3 heteroatoms. The van der Waals surface area contributed by atoms with E-state index in [1.807, 2.05) is 24.3 Å². The van der Waals surface area contributed by atoms with Crippen LogP contribution >= 0.6 is 0 Å². The van der Waals surface area contributed by atoms with Crippen molar-refractivity contribution in [2.75, 3.05) is 6.61 Å². The minimum absolute atomic E-state index is 0.106. The lowest BCUT2D eigenvalue weighted by Crippen LogP contribution is -2.32. The molecule has 108 valence electrons. The van der Waals surface area contributed by atoms with Crippen LogP contribution in [-0.2, 0) is 6.54 Å². The smallest absolute Gasteiger partial charge is 0.174 e. The number of hydrogen-bond acceptors (Lipinski definition) is 3.